The highest BCUT2D eigenvalue weighted by atomic mass is 16.7. The van der Waals surface area contributed by atoms with Gasteiger partial charge in [-0.25, -0.2) is 9.97 Å². The molecule has 2 heterocycles. The van der Waals surface area contributed by atoms with Gasteiger partial charge >= 0.3 is 0 Å². The van der Waals surface area contributed by atoms with E-state index in [-0.39, 0.29) is 0 Å². The van der Waals surface area contributed by atoms with Gasteiger partial charge in [-0.2, -0.15) is 0 Å². The highest BCUT2D eigenvalue weighted by Gasteiger charge is 2.13. The summed E-state index contributed by atoms with van der Waals surface area (Å²) < 4.78 is 10.7. The first-order chi connectivity index (χ1) is 11.2. The maximum Gasteiger partial charge on any atom is 0.231 e. The Morgan fingerprint density at radius 2 is 1.83 bits per heavy atom. The summed E-state index contributed by atoms with van der Waals surface area (Å²) in [5, 5.41) is 6.63. The molecule has 0 unspecified atom stereocenters. The van der Waals surface area contributed by atoms with Gasteiger partial charge < -0.3 is 20.1 Å². The van der Waals surface area contributed by atoms with Gasteiger partial charge in [-0.3, -0.25) is 0 Å². The van der Waals surface area contributed by atoms with E-state index in [2.05, 4.69) is 34.4 Å². The van der Waals surface area contributed by atoms with Gasteiger partial charge in [0.1, 0.15) is 18.0 Å². The minimum Gasteiger partial charge on any atom is -0.454 e. The van der Waals surface area contributed by atoms with Crippen LogP contribution in [0.5, 0.6) is 11.5 Å². The van der Waals surface area contributed by atoms with E-state index >= 15 is 0 Å². The predicted molar refractivity (Wildman–Crippen MR) is 89.9 cm³/mol. The lowest BCUT2D eigenvalue weighted by molar-refractivity contribution is 0.174. The molecule has 6 heteroatoms. The SMILES string of the molecule is CC(C)CCNc1cc(NCc2ccc3c(c2)OCO3)ncn1. The van der Waals surface area contributed by atoms with E-state index in [0.29, 0.717) is 19.3 Å². The molecule has 0 saturated heterocycles. The van der Waals surface area contributed by atoms with Gasteiger partial charge in [0.2, 0.25) is 6.79 Å². The molecule has 0 bridgehead atoms. The Morgan fingerprint density at radius 3 is 2.65 bits per heavy atom. The first kappa shape index (κ1) is 15.4. The summed E-state index contributed by atoms with van der Waals surface area (Å²) in [4.78, 5) is 8.49. The number of aromatic nitrogens is 2. The number of rotatable bonds is 7. The average Bonchev–Trinajstić information content (AvgIpc) is 3.00. The molecule has 0 saturated carbocycles. The molecule has 0 amide bonds. The van der Waals surface area contributed by atoms with Crippen molar-refractivity contribution in [3.63, 3.8) is 0 Å². The lowest BCUT2D eigenvalue weighted by Gasteiger charge is -2.10. The van der Waals surface area contributed by atoms with E-state index in [1.54, 1.807) is 6.33 Å². The quantitative estimate of drug-likeness (QED) is 0.817. The van der Waals surface area contributed by atoms with Crippen molar-refractivity contribution in [1.82, 2.24) is 9.97 Å². The van der Waals surface area contributed by atoms with Gasteiger partial charge in [-0.1, -0.05) is 19.9 Å². The molecule has 3 rings (SSSR count). The second-order valence-corrected chi connectivity index (χ2v) is 5.94. The maximum absolute atomic E-state index is 5.39. The molecular weight excluding hydrogens is 292 g/mol. The molecule has 1 aromatic heterocycles. The average molecular weight is 314 g/mol. The molecule has 23 heavy (non-hydrogen) atoms. The standard InChI is InChI=1S/C17H22N4O2/c1-12(2)5-6-18-16-8-17(21-10-20-16)19-9-13-3-4-14-15(7-13)23-11-22-14/h3-4,7-8,10,12H,5-6,9,11H2,1-2H3,(H2,18,19,20,21). The van der Waals surface area contributed by atoms with E-state index in [9.17, 15) is 0 Å². The van der Waals surface area contributed by atoms with Crippen molar-refractivity contribution in [2.24, 2.45) is 5.92 Å². The zero-order chi connectivity index (χ0) is 16.1. The number of nitrogens with zero attached hydrogens (tertiary/aromatic N) is 2. The number of hydrogen-bond donors (Lipinski definition) is 2. The molecule has 0 spiro atoms. The normalized spacial score (nSPS) is 12.5. The highest BCUT2D eigenvalue weighted by molar-refractivity contribution is 5.48. The first-order valence-electron chi connectivity index (χ1n) is 7.89. The Balaban J connectivity index is 1.55. The van der Waals surface area contributed by atoms with Crippen LogP contribution in [0.4, 0.5) is 11.6 Å². The summed E-state index contributed by atoms with van der Waals surface area (Å²) in [5.41, 5.74) is 1.11. The van der Waals surface area contributed by atoms with E-state index in [4.69, 9.17) is 9.47 Å². The van der Waals surface area contributed by atoms with Gasteiger partial charge in [0.15, 0.2) is 11.5 Å². The van der Waals surface area contributed by atoms with E-state index < -0.39 is 0 Å². The maximum atomic E-state index is 5.39. The third kappa shape index (κ3) is 4.25. The largest absolute Gasteiger partial charge is 0.454 e. The van der Waals surface area contributed by atoms with Crippen LogP contribution in [0.25, 0.3) is 0 Å². The number of hydrogen-bond acceptors (Lipinski definition) is 6. The van der Waals surface area contributed by atoms with Gasteiger partial charge in [-0.05, 0) is 30.0 Å². The third-order valence-electron chi connectivity index (χ3n) is 3.61. The van der Waals surface area contributed by atoms with E-state index in [1.165, 1.54) is 0 Å². The first-order valence-corrected chi connectivity index (χ1v) is 7.89. The fourth-order valence-corrected chi connectivity index (χ4v) is 2.28. The molecule has 1 aliphatic heterocycles. The van der Waals surface area contributed by atoms with Crippen LogP contribution in [0.3, 0.4) is 0 Å². The van der Waals surface area contributed by atoms with Crippen LogP contribution in [0.1, 0.15) is 25.8 Å². The van der Waals surface area contributed by atoms with Crippen LogP contribution in [0.15, 0.2) is 30.6 Å². The Labute approximate surface area is 136 Å². The summed E-state index contributed by atoms with van der Waals surface area (Å²) in [6.45, 7) is 6.29. The van der Waals surface area contributed by atoms with Crippen LogP contribution >= 0.6 is 0 Å². The second kappa shape index (κ2) is 7.17. The summed E-state index contributed by atoms with van der Waals surface area (Å²) in [6, 6.07) is 7.85. The van der Waals surface area contributed by atoms with Crippen LogP contribution in [0.2, 0.25) is 0 Å². The highest BCUT2D eigenvalue weighted by Crippen LogP contribution is 2.32. The third-order valence-corrected chi connectivity index (χ3v) is 3.61. The van der Waals surface area contributed by atoms with Crippen molar-refractivity contribution >= 4 is 11.6 Å². The lowest BCUT2D eigenvalue weighted by atomic mass is 10.1. The van der Waals surface area contributed by atoms with Gasteiger partial charge in [0.05, 0.1) is 0 Å². The topological polar surface area (TPSA) is 68.3 Å². The zero-order valence-corrected chi connectivity index (χ0v) is 13.5. The van der Waals surface area contributed by atoms with Crippen LogP contribution < -0.4 is 20.1 Å². The molecule has 2 N–H and O–H groups in total. The van der Waals surface area contributed by atoms with Crippen molar-refractivity contribution in [1.29, 1.82) is 0 Å². The minimum atomic E-state index is 0.295. The summed E-state index contributed by atoms with van der Waals surface area (Å²) >= 11 is 0. The number of benzene rings is 1. The molecule has 0 atom stereocenters. The van der Waals surface area contributed by atoms with Crippen molar-refractivity contribution < 1.29 is 9.47 Å². The molecule has 0 fully saturated rings. The van der Waals surface area contributed by atoms with Gasteiger partial charge in [0.25, 0.3) is 0 Å². The predicted octanol–water partition coefficient (Wildman–Crippen LogP) is 3.28. The minimum absolute atomic E-state index is 0.295. The van der Waals surface area contributed by atoms with Gasteiger partial charge in [0, 0.05) is 19.2 Å². The number of nitrogens with one attached hydrogen (secondary N) is 2. The van der Waals surface area contributed by atoms with E-state index in [1.807, 2.05) is 24.3 Å². The Bertz CT molecular complexity index is 661. The molecule has 6 nitrogen and oxygen atoms in total. The molecule has 1 aliphatic rings. The Morgan fingerprint density at radius 1 is 1.04 bits per heavy atom. The van der Waals surface area contributed by atoms with Crippen LogP contribution in [-0.2, 0) is 6.54 Å². The Hall–Kier alpha value is -2.50. The smallest absolute Gasteiger partial charge is 0.231 e. The Kier molecular flexibility index (Phi) is 4.80. The van der Waals surface area contributed by atoms with Crippen molar-refractivity contribution in [2.75, 3.05) is 24.0 Å². The van der Waals surface area contributed by atoms with Crippen molar-refractivity contribution in [3.05, 3.63) is 36.2 Å². The summed E-state index contributed by atoms with van der Waals surface area (Å²) in [5.74, 6) is 3.90. The van der Waals surface area contributed by atoms with E-state index in [0.717, 1.165) is 41.7 Å². The van der Waals surface area contributed by atoms with Crippen LogP contribution in [-0.4, -0.2) is 23.3 Å². The fourth-order valence-electron chi connectivity index (χ4n) is 2.28. The van der Waals surface area contributed by atoms with Crippen molar-refractivity contribution in [3.8, 4) is 11.5 Å². The van der Waals surface area contributed by atoms with Crippen molar-refractivity contribution in [2.45, 2.75) is 26.8 Å². The monoisotopic (exact) mass is 314 g/mol. The number of ether oxygens (including phenoxy) is 2. The molecule has 0 radical (unpaired) electrons. The summed E-state index contributed by atoms with van der Waals surface area (Å²) in [6.07, 6.45) is 2.68. The molecule has 122 valence electrons. The molecular formula is C17H22N4O2. The number of fused-ring (bicyclic) bond motifs is 1. The molecule has 0 aliphatic carbocycles. The lowest BCUT2D eigenvalue weighted by Crippen LogP contribution is -2.08. The van der Waals surface area contributed by atoms with Crippen LogP contribution in [0, 0.1) is 5.92 Å². The fraction of sp³-hybridized carbons (Fsp3) is 0.412. The molecule has 1 aromatic carbocycles. The van der Waals surface area contributed by atoms with Gasteiger partial charge in [-0.15, -0.1) is 0 Å². The number of anilines is 2. The summed E-state index contributed by atoms with van der Waals surface area (Å²) in [7, 11) is 0. The zero-order valence-electron chi connectivity index (χ0n) is 13.5. The second-order valence-electron chi connectivity index (χ2n) is 5.94. The molecule has 2 aromatic rings.